The molecular weight excluding hydrogens is 651 g/mol. The molecule has 1 aromatic heterocycles. The molecule has 0 amide bonds. The molecular formula is C30H31N6O11P. The van der Waals surface area contributed by atoms with E-state index in [4.69, 9.17) is 23.3 Å². The minimum absolute atomic E-state index is 0.0692. The first-order chi connectivity index (χ1) is 23.0. The summed E-state index contributed by atoms with van der Waals surface area (Å²) in [7, 11) is -3.38. The van der Waals surface area contributed by atoms with Gasteiger partial charge in [-0.15, -0.1) is 0 Å². The van der Waals surface area contributed by atoms with Crippen LogP contribution in [0.4, 0.5) is 0 Å². The molecule has 1 fully saturated rings. The number of aliphatic hydroxyl groups excluding tert-OH is 2. The Balaban J connectivity index is 1.45. The number of benzene rings is 3. The first-order valence-corrected chi connectivity index (χ1v) is 15.9. The molecule has 18 heteroatoms. The van der Waals surface area contributed by atoms with Crippen molar-refractivity contribution in [2.24, 2.45) is 5.11 Å². The Labute approximate surface area is 271 Å². The molecule has 5 rings (SSSR count). The molecule has 1 aliphatic rings. The maximum atomic E-state index is 14.5. The van der Waals surface area contributed by atoms with E-state index < -0.39 is 61.8 Å². The summed E-state index contributed by atoms with van der Waals surface area (Å²) in [6.07, 6.45) is -4.63. The van der Waals surface area contributed by atoms with E-state index in [2.05, 4.69) is 15.1 Å². The molecule has 252 valence electrons. The second-order valence-corrected chi connectivity index (χ2v) is 12.3. The van der Waals surface area contributed by atoms with Gasteiger partial charge in [-0.1, -0.05) is 59.7 Å². The highest BCUT2D eigenvalue weighted by atomic mass is 31.2. The number of azide groups is 1. The Morgan fingerprint density at radius 1 is 1.12 bits per heavy atom. The first-order valence-electron chi connectivity index (χ1n) is 14.4. The highest BCUT2D eigenvalue weighted by Gasteiger charge is 2.56. The number of hydrogen-bond acceptors (Lipinski definition) is 12. The number of rotatable bonds is 13. The lowest BCUT2D eigenvalue weighted by Crippen LogP contribution is -2.45. The smallest absolute Gasteiger partial charge is 0.459 e. The topological polar surface area (TPSA) is 236 Å². The van der Waals surface area contributed by atoms with E-state index in [-0.39, 0.29) is 18.1 Å². The number of ether oxygens (including phenoxy) is 3. The molecule has 0 spiro atoms. The summed E-state index contributed by atoms with van der Waals surface area (Å²) in [6.45, 7) is 0.228. The van der Waals surface area contributed by atoms with Gasteiger partial charge < -0.3 is 28.9 Å². The molecule has 1 aliphatic heterocycles. The predicted octanol–water partition coefficient (Wildman–Crippen LogP) is 2.88. The summed E-state index contributed by atoms with van der Waals surface area (Å²) in [6, 6.07) is 18.8. The first kappa shape index (κ1) is 34.3. The zero-order valence-electron chi connectivity index (χ0n) is 25.5. The van der Waals surface area contributed by atoms with Crippen LogP contribution in [-0.2, 0) is 30.0 Å². The van der Waals surface area contributed by atoms with Crippen molar-refractivity contribution in [3.63, 3.8) is 0 Å². The fourth-order valence-electron chi connectivity index (χ4n) is 4.90. The van der Waals surface area contributed by atoms with Crippen molar-refractivity contribution in [1.82, 2.24) is 14.6 Å². The minimum Gasteiger partial charge on any atom is -0.493 e. The van der Waals surface area contributed by atoms with Crippen LogP contribution in [0.5, 0.6) is 11.5 Å². The lowest BCUT2D eigenvalue weighted by atomic mass is 10.1. The second-order valence-electron chi connectivity index (χ2n) is 10.7. The van der Waals surface area contributed by atoms with Gasteiger partial charge in [0, 0.05) is 17.2 Å². The summed E-state index contributed by atoms with van der Waals surface area (Å²) < 4.78 is 43.2. The maximum Gasteiger partial charge on any atom is 0.459 e. The molecule has 0 aliphatic carbocycles. The van der Waals surface area contributed by atoms with Crippen LogP contribution in [0, 0.1) is 0 Å². The number of esters is 1. The predicted molar refractivity (Wildman–Crippen MR) is 169 cm³/mol. The lowest BCUT2D eigenvalue weighted by Gasteiger charge is -2.30. The third-order valence-corrected chi connectivity index (χ3v) is 8.97. The zero-order valence-corrected chi connectivity index (χ0v) is 26.4. The minimum atomic E-state index is -4.74. The van der Waals surface area contributed by atoms with E-state index in [9.17, 15) is 34.7 Å². The maximum absolute atomic E-state index is 14.5. The molecule has 0 radical (unpaired) electrons. The van der Waals surface area contributed by atoms with Gasteiger partial charge in [0.25, 0.3) is 5.56 Å². The normalized spacial score (nSPS) is 22.3. The van der Waals surface area contributed by atoms with Gasteiger partial charge in [-0.2, -0.15) is 5.09 Å². The van der Waals surface area contributed by atoms with Crippen LogP contribution in [0.15, 0.2) is 93.7 Å². The summed E-state index contributed by atoms with van der Waals surface area (Å²) in [4.78, 5) is 41.6. The standard InChI is InChI=1S/C30H31N6O11P/c1-18(28(40)44-16-19-8-4-3-5-9-19)33-48(42,47-23-15-21-11-7-6-10-20(21)14-22(23)43-2)45-17-30(34-35-31)26(39)25(38)27(46-30)36-13-12-24(37)32-29(36)41/h3-15,18,25-27,38-39H,16-17H2,1-2H3,(H,33,42)(H,32,37,41)/t18-,25+,26-,27+,30+,48?/m0/s1. The van der Waals surface area contributed by atoms with Crippen LogP contribution < -0.4 is 25.6 Å². The Morgan fingerprint density at radius 3 is 2.44 bits per heavy atom. The van der Waals surface area contributed by atoms with E-state index in [1.54, 1.807) is 48.5 Å². The highest BCUT2D eigenvalue weighted by Crippen LogP contribution is 2.50. The van der Waals surface area contributed by atoms with E-state index >= 15 is 0 Å². The zero-order chi connectivity index (χ0) is 34.5. The van der Waals surface area contributed by atoms with Crippen LogP contribution in [0.1, 0.15) is 18.7 Å². The van der Waals surface area contributed by atoms with Gasteiger partial charge in [-0.3, -0.25) is 23.7 Å². The number of H-pyrrole nitrogens is 1. The van der Waals surface area contributed by atoms with Crippen LogP contribution in [0.2, 0.25) is 0 Å². The van der Waals surface area contributed by atoms with Crippen molar-refractivity contribution in [3.05, 3.63) is 116 Å². The van der Waals surface area contributed by atoms with Gasteiger partial charge in [-0.05, 0) is 40.9 Å². The quantitative estimate of drug-likeness (QED) is 0.0524. The average molecular weight is 683 g/mol. The molecule has 6 atom stereocenters. The fraction of sp³-hybridized carbons (Fsp3) is 0.300. The van der Waals surface area contributed by atoms with E-state index in [1.807, 2.05) is 17.1 Å². The Kier molecular flexibility index (Phi) is 10.3. The number of aromatic amines is 1. The largest absolute Gasteiger partial charge is 0.493 e. The molecule has 17 nitrogen and oxygen atoms in total. The number of aromatic nitrogens is 2. The number of carbonyl (C=O) groups excluding carboxylic acids is 1. The monoisotopic (exact) mass is 682 g/mol. The van der Waals surface area contributed by atoms with Gasteiger partial charge in [0.2, 0.25) is 5.72 Å². The van der Waals surface area contributed by atoms with Crippen LogP contribution in [0.3, 0.4) is 0 Å². The molecule has 0 bridgehead atoms. The number of hydrogen-bond donors (Lipinski definition) is 4. The van der Waals surface area contributed by atoms with E-state index in [0.29, 0.717) is 10.9 Å². The highest BCUT2D eigenvalue weighted by molar-refractivity contribution is 7.52. The number of carbonyl (C=O) groups is 1. The number of methoxy groups -OCH3 is 1. The molecule has 4 aromatic rings. The molecule has 48 heavy (non-hydrogen) atoms. The van der Waals surface area contributed by atoms with Crippen molar-refractivity contribution in [3.8, 4) is 11.5 Å². The molecule has 2 heterocycles. The van der Waals surface area contributed by atoms with Crippen molar-refractivity contribution in [2.45, 2.75) is 43.7 Å². The van der Waals surface area contributed by atoms with Crippen molar-refractivity contribution in [1.29, 1.82) is 0 Å². The molecule has 4 N–H and O–H groups in total. The number of fused-ring (bicyclic) bond motifs is 1. The Hall–Kier alpha value is -4.99. The van der Waals surface area contributed by atoms with Gasteiger partial charge in [0.15, 0.2) is 17.7 Å². The van der Waals surface area contributed by atoms with Gasteiger partial charge in [0.05, 0.1) is 13.7 Å². The summed E-state index contributed by atoms with van der Waals surface area (Å²) >= 11 is 0. The summed E-state index contributed by atoms with van der Waals surface area (Å²) in [5, 5.41) is 29.2. The fourth-order valence-corrected chi connectivity index (χ4v) is 6.41. The molecule has 0 saturated carbocycles. The van der Waals surface area contributed by atoms with Gasteiger partial charge >= 0.3 is 19.4 Å². The van der Waals surface area contributed by atoms with Crippen LogP contribution in [0.25, 0.3) is 21.2 Å². The summed E-state index contributed by atoms with van der Waals surface area (Å²) in [5.41, 5.74) is 5.85. The third kappa shape index (κ3) is 7.43. The van der Waals surface area contributed by atoms with Crippen LogP contribution >= 0.6 is 7.75 Å². The van der Waals surface area contributed by atoms with Crippen molar-refractivity contribution in [2.75, 3.05) is 13.7 Å². The Bertz CT molecular complexity index is 2000. The van der Waals surface area contributed by atoms with Crippen molar-refractivity contribution < 1.29 is 42.8 Å². The molecule has 3 aromatic carbocycles. The summed E-state index contributed by atoms with van der Waals surface area (Å²) in [5.74, 6) is -0.750. The second kappa shape index (κ2) is 14.4. The third-order valence-electron chi connectivity index (χ3n) is 7.36. The number of nitrogens with zero attached hydrogens (tertiary/aromatic N) is 4. The van der Waals surface area contributed by atoms with E-state index in [0.717, 1.165) is 22.2 Å². The van der Waals surface area contributed by atoms with Crippen molar-refractivity contribution >= 4 is 24.5 Å². The molecule has 1 saturated heterocycles. The van der Waals surface area contributed by atoms with Crippen LogP contribution in [-0.4, -0.2) is 63.4 Å². The Morgan fingerprint density at radius 2 is 1.79 bits per heavy atom. The van der Waals surface area contributed by atoms with Gasteiger partial charge in [-0.25, -0.2) is 9.36 Å². The SMILES string of the molecule is COc1cc2ccccc2cc1OP(=O)(N[C@@H](C)C(=O)OCc1ccccc1)OC[C@@]1(N=[N+]=[N-])O[C@@H](n2ccc(=O)[nH]c2=O)[C@H](O)[C@@H]1O. The number of nitrogens with one attached hydrogen (secondary N) is 2. The molecule has 1 unspecified atom stereocenters. The number of aliphatic hydroxyl groups is 2. The average Bonchev–Trinajstić information content (AvgIpc) is 3.31. The van der Waals surface area contributed by atoms with Gasteiger partial charge in [0.1, 0.15) is 24.9 Å². The van der Waals surface area contributed by atoms with E-state index in [1.165, 1.54) is 20.1 Å². The lowest BCUT2D eigenvalue weighted by molar-refractivity contribution is -0.146.